The van der Waals surface area contributed by atoms with Gasteiger partial charge >= 0.3 is 6.09 Å². The molecule has 3 aliphatic rings. The SMILES string of the molecule is CC(C)(C)OC(=O)N1c2ccccc2[C@]23CCN=C2CCC(=O)C[C@H]13. The number of para-hydroxylation sites is 1. The summed E-state index contributed by atoms with van der Waals surface area (Å²) in [5.74, 6) is 0.197. The van der Waals surface area contributed by atoms with E-state index in [1.54, 1.807) is 4.90 Å². The van der Waals surface area contributed by atoms with E-state index in [1.165, 1.54) is 0 Å². The van der Waals surface area contributed by atoms with Gasteiger partial charge in [0.05, 0.1) is 17.1 Å². The average Bonchev–Trinajstić information content (AvgIpc) is 3.02. The highest BCUT2D eigenvalue weighted by molar-refractivity contribution is 6.08. The van der Waals surface area contributed by atoms with E-state index in [0.29, 0.717) is 19.3 Å². The van der Waals surface area contributed by atoms with Gasteiger partial charge in [-0.25, -0.2) is 4.79 Å². The molecule has 2 aliphatic heterocycles. The summed E-state index contributed by atoms with van der Waals surface area (Å²) in [6.07, 6.45) is 2.07. The van der Waals surface area contributed by atoms with Crippen LogP contribution in [0.4, 0.5) is 10.5 Å². The molecule has 0 aromatic heterocycles. The molecule has 1 aromatic rings. The van der Waals surface area contributed by atoms with Crippen LogP contribution >= 0.6 is 0 Å². The molecule has 25 heavy (non-hydrogen) atoms. The summed E-state index contributed by atoms with van der Waals surface area (Å²) in [7, 11) is 0. The first-order chi connectivity index (χ1) is 11.8. The van der Waals surface area contributed by atoms with Crippen molar-refractivity contribution in [3.05, 3.63) is 29.8 Å². The zero-order valence-corrected chi connectivity index (χ0v) is 15.0. The number of carbonyl (C=O) groups is 2. The molecule has 1 fully saturated rings. The summed E-state index contributed by atoms with van der Waals surface area (Å²) in [6, 6.07) is 7.76. The van der Waals surface area contributed by atoms with Crippen molar-refractivity contribution in [2.24, 2.45) is 4.99 Å². The summed E-state index contributed by atoms with van der Waals surface area (Å²) < 4.78 is 5.68. The summed E-state index contributed by atoms with van der Waals surface area (Å²) in [4.78, 5) is 31.9. The van der Waals surface area contributed by atoms with Gasteiger partial charge in [-0.2, -0.15) is 0 Å². The zero-order chi connectivity index (χ0) is 17.8. The maximum Gasteiger partial charge on any atom is 0.415 e. The van der Waals surface area contributed by atoms with Gasteiger partial charge < -0.3 is 4.74 Å². The highest BCUT2D eigenvalue weighted by Gasteiger charge is 2.58. The molecule has 1 saturated carbocycles. The molecule has 5 nitrogen and oxygen atoms in total. The molecule has 0 radical (unpaired) electrons. The number of amides is 1. The second kappa shape index (κ2) is 5.41. The number of carbonyl (C=O) groups excluding carboxylic acids is 2. The summed E-state index contributed by atoms with van der Waals surface area (Å²) in [6.45, 7) is 6.35. The van der Waals surface area contributed by atoms with Gasteiger partial charge in [0, 0.05) is 25.1 Å². The first-order valence-electron chi connectivity index (χ1n) is 9.00. The normalized spacial score (nSPS) is 28.0. The molecule has 5 heteroatoms. The van der Waals surface area contributed by atoms with Crippen LogP contribution in [0.1, 0.15) is 52.0 Å². The van der Waals surface area contributed by atoms with E-state index in [0.717, 1.165) is 29.9 Å². The number of aliphatic imine (C=N–C) groups is 1. The smallest absolute Gasteiger partial charge is 0.415 e. The molecule has 1 aliphatic carbocycles. The third-order valence-electron chi connectivity index (χ3n) is 5.50. The molecule has 2 heterocycles. The second-order valence-corrected chi connectivity index (χ2v) is 8.18. The fourth-order valence-corrected chi connectivity index (χ4v) is 4.61. The average molecular weight is 340 g/mol. The van der Waals surface area contributed by atoms with Crippen molar-refractivity contribution in [2.45, 2.75) is 63.5 Å². The Morgan fingerprint density at radius 1 is 1.28 bits per heavy atom. The largest absolute Gasteiger partial charge is 0.443 e. The number of hydrogen-bond donors (Lipinski definition) is 0. The van der Waals surface area contributed by atoms with E-state index in [4.69, 9.17) is 9.73 Å². The molecule has 0 bridgehead atoms. The van der Waals surface area contributed by atoms with Gasteiger partial charge in [-0.3, -0.25) is 14.7 Å². The van der Waals surface area contributed by atoms with Crippen molar-refractivity contribution in [3.63, 3.8) is 0 Å². The summed E-state index contributed by atoms with van der Waals surface area (Å²) in [5.41, 5.74) is 2.17. The monoisotopic (exact) mass is 340 g/mol. The molecule has 132 valence electrons. The van der Waals surface area contributed by atoms with Crippen molar-refractivity contribution < 1.29 is 14.3 Å². The molecular weight excluding hydrogens is 316 g/mol. The van der Waals surface area contributed by atoms with E-state index in [2.05, 4.69) is 6.07 Å². The molecule has 1 spiro atoms. The standard InChI is InChI=1S/C20H24N2O3/c1-19(2,3)25-18(24)22-15-7-5-4-6-14(15)20-10-11-21-16(20)9-8-13(23)12-17(20)22/h4-7,17H,8-12H2,1-3H3/t17-,20+/m0/s1. The zero-order valence-electron chi connectivity index (χ0n) is 15.0. The van der Waals surface area contributed by atoms with Crippen LogP contribution < -0.4 is 4.90 Å². The predicted molar refractivity (Wildman–Crippen MR) is 96.4 cm³/mol. The van der Waals surface area contributed by atoms with Gasteiger partial charge in [-0.05, 0) is 45.2 Å². The number of Topliss-reactive ketones (excluding diaryl/α,β-unsaturated/α-hetero) is 1. The van der Waals surface area contributed by atoms with Crippen molar-refractivity contribution in [3.8, 4) is 0 Å². The van der Waals surface area contributed by atoms with Gasteiger partial charge in [0.2, 0.25) is 0 Å². The highest BCUT2D eigenvalue weighted by atomic mass is 16.6. The topological polar surface area (TPSA) is 59.0 Å². The van der Waals surface area contributed by atoms with Gasteiger partial charge in [-0.1, -0.05) is 18.2 Å². The predicted octanol–water partition coefficient (Wildman–Crippen LogP) is 3.65. The first kappa shape index (κ1) is 16.3. The number of ether oxygens (including phenoxy) is 1. The molecule has 0 saturated heterocycles. The fourth-order valence-electron chi connectivity index (χ4n) is 4.61. The van der Waals surface area contributed by atoms with E-state index in [9.17, 15) is 9.59 Å². The molecule has 0 N–H and O–H groups in total. The molecule has 2 atom stereocenters. The lowest BCUT2D eigenvalue weighted by Gasteiger charge is -2.35. The number of ketones is 1. The Bertz CT molecular complexity index is 777. The lowest BCUT2D eigenvalue weighted by atomic mass is 9.71. The Kier molecular flexibility index (Phi) is 3.53. The van der Waals surface area contributed by atoms with Crippen LogP contribution in [0.2, 0.25) is 0 Å². The lowest BCUT2D eigenvalue weighted by Crippen LogP contribution is -2.51. The fraction of sp³-hybridized carbons (Fsp3) is 0.550. The first-order valence-corrected chi connectivity index (χ1v) is 9.00. The lowest BCUT2D eigenvalue weighted by molar-refractivity contribution is -0.119. The van der Waals surface area contributed by atoms with Crippen LogP contribution in [0.3, 0.4) is 0 Å². The van der Waals surface area contributed by atoms with E-state index in [-0.39, 0.29) is 23.3 Å². The summed E-state index contributed by atoms with van der Waals surface area (Å²) in [5, 5.41) is 0. The van der Waals surface area contributed by atoms with Crippen molar-refractivity contribution in [2.75, 3.05) is 11.4 Å². The van der Waals surface area contributed by atoms with Crippen molar-refractivity contribution >= 4 is 23.3 Å². The van der Waals surface area contributed by atoms with Crippen LogP contribution in [-0.2, 0) is 14.9 Å². The Balaban J connectivity index is 1.87. The third-order valence-corrected chi connectivity index (χ3v) is 5.50. The minimum absolute atomic E-state index is 0.197. The highest BCUT2D eigenvalue weighted by Crippen LogP contribution is 2.53. The van der Waals surface area contributed by atoms with Crippen LogP contribution in [-0.4, -0.2) is 35.8 Å². The second-order valence-electron chi connectivity index (χ2n) is 8.18. The van der Waals surface area contributed by atoms with Gasteiger partial charge in [0.25, 0.3) is 0 Å². The quantitative estimate of drug-likeness (QED) is 0.724. The Morgan fingerprint density at radius 3 is 2.80 bits per heavy atom. The van der Waals surface area contributed by atoms with E-state index < -0.39 is 5.60 Å². The summed E-state index contributed by atoms with van der Waals surface area (Å²) >= 11 is 0. The Labute approximate surface area is 148 Å². The van der Waals surface area contributed by atoms with Crippen molar-refractivity contribution in [1.82, 2.24) is 0 Å². The number of hydrogen-bond acceptors (Lipinski definition) is 4. The van der Waals surface area contributed by atoms with Crippen LogP contribution in [0.25, 0.3) is 0 Å². The maximum atomic E-state index is 13.0. The third kappa shape index (κ3) is 2.40. The number of nitrogens with zero attached hydrogens (tertiary/aromatic N) is 2. The van der Waals surface area contributed by atoms with Crippen LogP contribution in [0.5, 0.6) is 0 Å². The van der Waals surface area contributed by atoms with Gasteiger partial charge in [-0.15, -0.1) is 0 Å². The number of benzene rings is 1. The minimum Gasteiger partial charge on any atom is -0.443 e. The number of fused-ring (bicyclic) bond motifs is 1. The van der Waals surface area contributed by atoms with Crippen LogP contribution in [0, 0.1) is 0 Å². The molecule has 1 aromatic carbocycles. The maximum absolute atomic E-state index is 13.0. The molecule has 0 unspecified atom stereocenters. The van der Waals surface area contributed by atoms with E-state index in [1.807, 2.05) is 39.0 Å². The number of rotatable bonds is 0. The molecule has 4 rings (SSSR count). The Hall–Kier alpha value is -2.17. The van der Waals surface area contributed by atoms with Crippen molar-refractivity contribution in [1.29, 1.82) is 0 Å². The van der Waals surface area contributed by atoms with Crippen LogP contribution in [0.15, 0.2) is 29.3 Å². The minimum atomic E-state index is -0.580. The Morgan fingerprint density at radius 2 is 2.04 bits per heavy atom. The van der Waals surface area contributed by atoms with E-state index >= 15 is 0 Å². The number of anilines is 1. The molecule has 1 amide bonds. The molecular formula is C20H24N2O3. The van der Waals surface area contributed by atoms with Gasteiger partial charge in [0.1, 0.15) is 11.4 Å². The van der Waals surface area contributed by atoms with Gasteiger partial charge in [0.15, 0.2) is 0 Å².